The predicted molar refractivity (Wildman–Crippen MR) is 93.3 cm³/mol. The number of hydrogen-bond acceptors (Lipinski definition) is 4. The summed E-state index contributed by atoms with van der Waals surface area (Å²) in [6.07, 6.45) is 11.4. The van der Waals surface area contributed by atoms with E-state index < -0.39 is 0 Å². The van der Waals surface area contributed by atoms with E-state index in [0.29, 0.717) is 6.61 Å². The zero-order chi connectivity index (χ0) is 17.3. The fourth-order valence-electron chi connectivity index (χ4n) is 2.37. The Morgan fingerprint density at radius 3 is 2.04 bits per heavy atom. The van der Waals surface area contributed by atoms with Crippen LogP contribution >= 0.6 is 0 Å². The summed E-state index contributed by atoms with van der Waals surface area (Å²) in [5.74, 6) is -0.598. The lowest BCUT2D eigenvalue weighted by atomic mass is 10.1. The van der Waals surface area contributed by atoms with Gasteiger partial charge in [-0.25, -0.2) is 0 Å². The minimum atomic E-state index is -0.300. The first-order valence-corrected chi connectivity index (χ1v) is 9.45. The Morgan fingerprint density at radius 1 is 0.783 bits per heavy atom. The fourth-order valence-corrected chi connectivity index (χ4v) is 2.37. The summed E-state index contributed by atoms with van der Waals surface area (Å²) in [5.41, 5.74) is 0. The van der Waals surface area contributed by atoms with Gasteiger partial charge in [-0.3, -0.25) is 9.59 Å². The van der Waals surface area contributed by atoms with Crippen molar-refractivity contribution in [1.82, 2.24) is 0 Å². The van der Waals surface area contributed by atoms with Crippen molar-refractivity contribution < 1.29 is 19.1 Å². The Kier molecular flexibility index (Phi) is 15.1. The molecule has 0 amide bonds. The van der Waals surface area contributed by atoms with Crippen molar-refractivity contribution in [2.24, 2.45) is 0 Å². The molecule has 0 aromatic heterocycles. The number of rotatable bonds is 15. The van der Waals surface area contributed by atoms with Gasteiger partial charge >= 0.3 is 11.9 Å². The normalized spacial score (nSPS) is 12.0. The SMILES string of the molecule is CCCCCCCCOC(=O)CCC(=O)OC(C)CCCCC. The Hall–Kier alpha value is -1.06. The van der Waals surface area contributed by atoms with Crippen LogP contribution in [0.2, 0.25) is 0 Å². The molecule has 0 radical (unpaired) electrons. The molecule has 0 bridgehead atoms. The molecule has 136 valence electrons. The van der Waals surface area contributed by atoms with Crippen LogP contribution in [0.3, 0.4) is 0 Å². The lowest BCUT2D eigenvalue weighted by Crippen LogP contribution is -2.16. The van der Waals surface area contributed by atoms with Crippen LogP contribution in [0.1, 0.15) is 97.8 Å². The minimum Gasteiger partial charge on any atom is -0.466 e. The molecule has 0 aliphatic carbocycles. The maximum absolute atomic E-state index is 11.6. The summed E-state index contributed by atoms with van der Waals surface area (Å²) in [4.78, 5) is 23.2. The molecule has 0 spiro atoms. The number of carbonyl (C=O) groups is 2. The summed E-state index contributed by atoms with van der Waals surface area (Å²) in [7, 11) is 0. The topological polar surface area (TPSA) is 52.6 Å². The number of hydrogen-bond donors (Lipinski definition) is 0. The second kappa shape index (κ2) is 15.8. The minimum absolute atomic E-state index is 0.0619. The molecule has 0 aliphatic heterocycles. The van der Waals surface area contributed by atoms with E-state index in [4.69, 9.17) is 9.47 Å². The van der Waals surface area contributed by atoms with Gasteiger partial charge in [0.05, 0.1) is 25.6 Å². The van der Waals surface area contributed by atoms with E-state index >= 15 is 0 Å². The molecule has 0 rings (SSSR count). The smallest absolute Gasteiger partial charge is 0.306 e. The average Bonchev–Trinajstić information content (AvgIpc) is 2.52. The van der Waals surface area contributed by atoms with Crippen molar-refractivity contribution in [3.8, 4) is 0 Å². The van der Waals surface area contributed by atoms with Crippen molar-refractivity contribution in [3.63, 3.8) is 0 Å². The molecule has 0 fully saturated rings. The molecule has 23 heavy (non-hydrogen) atoms. The van der Waals surface area contributed by atoms with Gasteiger partial charge in [0.2, 0.25) is 0 Å². The Balaban J connectivity index is 3.51. The van der Waals surface area contributed by atoms with Crippen LogP contribution in [0.25, 0.3) is 0 Å². The van der Waals surface area contributed by atoms with E-state index in [1.165, 1.54) is 25.7 Å². The van der Waals surface area contributed by atoms with Crippen molar-refractivity contribution >= 4 is 11.9 Å². The second-order valence-corrected chi connectivity index (χ2v) is 6.28. The summed E-state index contributed by atoms with van der Waals surface area (Å²) >= 11 is 0. The van der Waals surface area contributed by atoms with E-state index in [1.54, 1.807) is 0 Å². The molecule has 4 heteroatoms. The van der Waals surface area contributed by atoms with Gasteiger partial charge in [-0.2, -0.15) is 0 Å². The highest BCUT2D eigenvalue weighted by Crippen LogP contribution is 2.08. The van der Waals surface area contributed by atoms with Crippen molar-refractivity contribution in [3.05, 3.63) is 0 Å². The summed E-state index contributed by atoms with van der Waals surface area (Å²) in [6.45, 7) is 6.71. The van der Waals surface area contributed by atoms with Gasteiger partial charge in [0.25, 0.3) is 0 Å². The fraction of sp³-hybridized carbons (Fsp3) is 0.895. The van der Waals surface area contributed by atoms with E-state index in [0.717, 1.165) is 38.5 Å². The highest BCUT2D eigenvalue weighted by Gasteiger charge is 2.12. The van der Waals surface area contributed by atoms with Gasteiger partial charge in [0, 0.05) is 0 Å². The summed E-state index contributed by atoms with van der Waals surface area (Å²) in [5, 5.41) is 0. The maximum atomic E-state index is 11.6. The zero-order valence-electron chi connectivity index (χ0n) is 15.4. The number of ether oxygens (including phenoxy) is 2. The molecular formula is C19H36O4. The number of unbranched alkanes of at least 4 members (excludes halogenated alkanes) is 7. The predicted octanol–water partition coefficient (Wildman–Crippen LogP) is 5.18. The monoisotopic (exact) mass is 328 g/mol. The van der Waals surface area contributed by atoms with E-state index in [1.807, 2.05) is 6.92 Å². The maximum Gasteiger partial charge on any atom is 0.306 e. The van der Waals surface area contributed by atoms with Gasteiger partial charge in [-0.15, -0.1) is 0 Å². The molecule has 0 aliphatic rings. The molecule has 0 saturated heterocycles. The van der Waals surface area contributed by atoms with Crippen LogP contribution in [0, 0.1) is 0 Å². The molecular weight excluding hydrogens is 292 g/mol. The van der Waals surface area contributed by atoms with Crippen LogP contribution in [-0.4, -0.2) is 24.6 Å². The lowest BCUT2D eigenvalue weighted by Gasteiger charge is -2.12. The molecule has 1 atom stereocenters. The first-order chi connectivity index (χ1) is 11.1. The average molecular weight is 328 g/mol. The summed E-state index contributed by atoms with van der Waals surface area (Å²) < 4.78 is 10.4. The quantitative estimate of drug-likeness (QED) is 0.307. The van der Waals surface area contributed by atoms with Crippen molar-refractivity contribution in [2.75, 3.05) is 6.61 Å². The van der Waals surface area contributed by atoms with Crippen LogP contribution < -0.4 is 0 Å². The highest BCUT2D eigenvalue weighted by molar-refractivity contribution is 5.77. The van der Waals surface area contributed by atoms with E-state index in [-0.39, 0.29) is 30.9 Å². The Morgan fingerprint density at radius 2 is 1.35 bits per heavy atom. The van der Waals surface area contributed by atoms with Crippen LogP contribution in [0.4, 0.5) is 0 Å². The molecule has 0 aromatic rings. The number of esters is 2. The lowest BCUT2D eigenvalue weighted by molar-refractivity contribution is -0.153. The van der Waals surface area contributed by atoms with Gasteiger partial charge in [0.15, 0.2) is 0 Å². The third kappa shape index (κ3) is 15.6. The molecule has 0 N–H and O–H groups in total. The highest BCUT2D eigenvalue weighted by atomic mass is 16.5. The van der Waals surface area contributed by atoms with Gasteiger partial charge < -0.3 is 9.47 Å². The van der Waals surface area contributed by atoms with Crippen molar-refractivity contribution in [1.29, 1.82) is 0 Å². The van der Waals surface area contributed by atoms with Gasteiger partial charge in [-0.1, -0.05) is 58.8 Å². The summed E-state index contributed by atoms with van der Waals surface area (Å²) in [6, 6.07) is 0. The molecule has 1 unspecified atom stereocenters. The largest absolute Gasteiger partial charge is 0.466 e. The standard InChI is InChI=1S/C19H36O4/c1-4-6-8-9-10-12-16-22-18(20)14-15-19(21)23-17(3)13-11-7-5-2/h17H,4-16H2,1-3H3. The first-order valence-electron chi connectivity index (χ1n) is 9.45. The third-order valence-corrected chi connectivity index (χ3v) is 3.84. The molecule has 0 saturated carbocycles. The van der Waals surface area contributed by atoms with E-state index in [9.17, 15) is 9.59 Å². The molecule has 0 heterocycles. The van der Waals surface area contributed by atoms with Gasteiger partial charge in [0.1, 0.15) is 0 Å². The Bertz CT molecular complexity index is 302. The Labute approximate surface area is 142 Å². The van der Waals surface area contributed by atoms with Crippen LogP contribution in [0.5, 0.6) is 0 Å². The first kappa shape index (κ1) is 21.9. The second-order valence-electron chi connectivity index (χ2n) is 6.28. The van der Waals surface area contributed by atoms with Gasteiger partial charge in [-0.05, 0) is 26.2 Å². The van der Waals surface area contributed by atoms with Crippen LogP contribution in [-0.2, 0) is 19.1 Å². The van der Waals surface area contributed by atoms with Crippen LogP contribution in [0.15, 0.2) is 0 Å². The number of carbonyl (C=O) groups excluding carboxylic acids is 2. The van der Waals surface area contributed by atoms with Crippen molar-refractivity contribution in [2.45, 2.75) is 104 Å². The van der Waals surface area contributed by atoms with E-state index in [2.05, 4.69) is 13.8 Å². The third-order valence-electron chi connectivity index (χ3n) is 3.84. The molecule has 4 nitrogen and oxygen atoms in total. The zero-order valence-corrected chi connectivity index (χ0v) is 15.4. The molecule has 0 aromatic carbocycles.